The number of hydrogen-bond donors (Lipinski definition) is 1. The number of nitro groups is 1. The minimum absolute atomic E-state index is 0.00465. The Morgan fingerprint density at radius 3 is 2.48 bits per heavy atom. The summed E-state index contributed by atoms with van der Waals surface area (Å²) in [6, 6.07) is 2.96. The molecule has 0 saturated carbocycles. The number of nitrogens with zero attached hydrogens (tertiary/aromatic N) is 1. The fourth-order valence-corrected chi connectivity index (χ4v) is 1.79. The predicted octanol–water partition coefficient (Wildman–Crippen LogP) is 2.49. The van der Waals surface area contributed by atoms with Crippen LogP contribution in [0.5, 0.6) is 0 Å². The minimum atomic E-state index is -0.464. The van der Waals surface area contributed by atoms with Crippen molar-refractivity contribution in [2.24, 2.45) is 0 Å². The van der Waals surface area contributed by atoms with Crippen LogP contribution in [0, 0.1) is 24.0 Å². The van der Waals surface area contributed by atoms with Gasteiger partial charge in [0.25, 0.3) is 5.69 Å². The Bertz CT molecular complexity index is 569. The zero-order valence-corrected chi connectivity index (χ0v) is 12.3. The van der Waals surface area contributed by atoms with E-state index in [0.29, 0.717) is 16.8 Å². The number of amides is 1. The first kappa shape index (κ1) is 16.6. The number of nitrogens with one attached hydrogen (secondary N) is 1. The first-order chi connectivity index (χ1) is 9.85. The van der Waals surface area contributed by atoms with Crippen molar-refractivity contribution in [1.29, 1.82) is 0 Å². The number of nitro benzene ring substituents is 1. The molecule has 7 nitrogen and oxygen atoms in total. The Morgan fingerprint density at radius 1 is 1.24 bits per heavy atom. The highest BCUT2D eigenvalue weighted by atomic mass is 16.6. The topological polar surface area (TPSA) is 98.5 Å². The molecule has 0 unspecified atom stereocenters. The maximum absolute atomic E-state index is 11.8. The van der Waals surface area contributed by atoms with Crippen LogP contribution in [0.15, 0.2) is 12.1 Å². The highest BCUT2D eigenvalue weighted by molar-refractivity contribution is 5.93. The number of carbonyl (C=O) groups is 2. The molecule has 0 aliphatic heterocycles. The molecule has 0 heterocycles. The average molecular weight is 294 g/mol. The third-order valence-corrected chi connectivity index (χ3v) is 2.88. The van der Waals surface area contributed by atoms with Crippen LogP contribution < -0.4 is 5.32 Å². The van der Waals surface area contributed by atoms with Crippen molar-refractivity contribution in [1.82, 2.24) is 0 Å². The smallest absolute Gasteiger partial charge is 0.306 e. The zero-order valence-electron chi connectivity index (χ0n) is 12.3. The number of hydrogen-bond acceptors (Lipinski definition) is 5. The van der Waals surface area contributed by atoms with Crippen LogP contribution in [0.3, 0.4) is 0 Å². The molecule has 1 N–H and O–H groups in total. The van der Waals surface area contributed by atoms with E-state index in [4.69, 9.17) is 4.74 Å². The monoisotopic (exact) mass is 294 g/mol. The van der Waals surface area contributed by atoms with E-state index in [2.05, 4.69) is 5.32 Å². The van der Waals surface area contributed by atoms with E-state index in [1.165, 1.54) is 6.07 Å². The molecule has 0 radical (unpaired) electrons. The van der Waals surface area contributed by atoms with Gasteiger partial charge in [-0.05, 0) is 32.4 Å². The molecule has 1 aromatic carbocycles. The van der Waals surface area contributed by atoms with Crippen LogP contribution in [0.4, 0.5) is 11.4 Å². The second-order valence-corrected chi connectivity index (χ2v) is 4.56. The summed E-state index contributed by atoms with van der Waals surface area (Å²) in [5.74, 6) is -0.761. The number of rotatable bonds is 6. The molecular formula is C14H18N2O5. The molecule has 0 aliphatic rings. The van der Waals surface area contributed by atoms with E-state index in [-0.39, 0.29) is 31.0 Å². The lowest BCUT2D eigenvalue weighted by Gasteiger charge is -2.09. The molecular weight excluding hydrogens is 276 g/mol. The lowest BCUT2D eigenvalue weighted by atomic mass is 10.1. The summed E-state index contributed by atoms with van der Waals surface area (Å²) in [7, 11) is 0. The molecule has 7 heteroatoms. The van der Waals surface area contributed by atoms with Gasteiger partial charge in [0.05, 0.1) is 18.0 Å². The number of aryl methyl sites for hydroxylation is 2. The van der Waals surface area contributed by atoms with Crippen molar-refractivity contribution in [3.63, 3.8) is 0 Å². The molecule has 0 aliphatic carbocycles. The van der Waals surface area contributed by atoms with Crippen molar-refractivity contribution in [2.45, 2.75) is 33.6 Å². The van der Waals surface area contributed by atoms with Crippen LogP contribution in [0.1, 0.15) is 30.9 Å². The lowest BCUT2D eigenvalue weighted by molar-refractivity contribution is -0.385. The molecule has 0 bridgehead atoms. The molecule has 0 fully saturated rings. The molecule has 114 valence electrons. The largest absolute Gasteiger partial charge is 0.466 e. The standard InChI is InChI=1S/C14H18N2O5/c1-4-21-14(18)6-5-13(17)15-11-7-10(3)12(16(19)20)8-9(11)2/h7-8H,4-6H2,1-3H3,(H,15,17). The van der Waals surface area contributed by atoms with Crippen molar-refractivity contribution >= 4 is 23.3 Å². The SMILES string of the molecule is CCOC(=O)CCC(=O)Nc1cc(C)c([N+](=O)[O-])cc1C. The summed E-state index contributed by atoms with van der Waals surface area (Å²) in [5.41, 5.74) is 1.58. The summed E-state index contributed by atoms with van der Waals surface area (Å²) >= 11 is 0. The summed E-state index contributed by atoms with van der Waals surface area (Å²) in [6.07, 6.45) is 0.0129. The van der Waals surface area contributed by atoms with Crippen molar-refractivity contribution in [3.8, 4) is 0 Å². The van der Waals surface area contributed by atoms with Gasteiger partial charge in [-0.25, -0.2) is 0 Å². The highest BCUT2D eigenvalue weighted by Crippen LogP contribution is 2.26. The molecule has 0 spiro atoms. The number of anilines is 1. The summed E-state index contributed by atoms with van der Waals surface area (Å²) < 4.78 is 4.73. The zero-order chi connectivity index (χ0) is 16.0. The van der Waals surface area contributed by atoms with E-state index in [0.717, 1.165) is 0 Å². The van der Waals surface area contributed by atoms with Crippen LogP contribution in [0.25, 0.3) is 0 Å². The second-order valence-electron chi connectivity index (χ2n) is 4.56. The average Bonchev–Trinajstić information content (AvgIpc) is 2.40. The Morgan fingerprint density at radius 2 is 1.90 bits per heavy atom. The Kier molecular flexibility index (Phi) is 5.83. The van der Waals surface area contributed by atoms with Crippen LogP contribution in [0.2, 0.25) is 0 Å². The Labute approximate surface area is 122 Å². The fraction of sp³-hybridized carbons (Fsp3) is 0.429. The van der Waals surface area contributed by atoms with E-state index in [9.17, 15) is 19.7 Å². The van der Waals surface area contributed by atoms with Gasteiger partial charge in [-0.1, -0.05) is 0 Å². The van der Waals surface area contributed by atoms with Gasteiger partial charge in [0.2, 0.25) is 5.91 Å². The summed E-state index contributed by atoms with van der Waals surface area (Å²) in [6.45, 7) is 5.25. The Balaban J connectivity index is 2.71. The maximum Gasteiger partial charge on any atom is 0.306 e. The van der Waals surface area contributed by atoms with E-state index in [1.54, 1.807) is 26.8 Å². The van der Waals surface area contributed by atoms with E-state index in [1.807, 2.05) is 0 Å². The molecule has 1 aromatic rings. The number of esters is 1. The Hall–Kier alpha value is -2.44. The van der Waals surface area contributed by atoms with Gasteiger partial charge in [-0.2, -0.15) is 0 Å². The van der Waals surface area contributed by atoms with Crippen LogP contribution in [-0.2, 0) is 14.3 Å². The van der Waals surface area contributed by atoms with Gasteiger partial charge in [0.15, 0.2) is 0 Å². The third-order valence-electron chi connectivity index (χ3n) is 2.88. The van der Waals surface area contributed by atoms with E-state index >= 15 is 0 Å². The number of ether oxygens (including phenoxy) is 1. The number of benzene rings is 1. The first-order valence-electron chi connectivity index (χ1n) is 6.56. The third kappa shape index (κ3) is 4.87. The van der Waals surface area contributed by atoms with Crippen molar-refractivity contribution in [2.75, 3.05) is 11.9 Å². The molecule has 21 heavy (non-hydrogen) atoms. The quantitative estimate of drug-likeness (QED) is 0.493. The van der Waals surface area contributed by atoms with Gasteiger partial charge in [-0.15, -0.1) is 0 Å². The van der Waals surface area contributed by atoms with Gasteiger partial charge in [0.1, 0.15) is 0 Å². The van der Waals surface area contributed by atoms with Crippen molar-refractivity contribution < 1.29 is 19.2 Å². The maximum atomic E-state index is 11.8. The number of carbonyl (C=O) groups excluding carboxylic acids is 2. The van der Waals surface area contributed by atoms with Gasteiger partial charge >= 0.3 is 5.97 Å². The van der Waals surface area contributed by atoms with E-state index < -0.39 is 10.9 Å². The minimum Gasteiger partial charge on any atom is -0.466 e. The van der Waals surface area contributed by atoms with Gasteiger partial charge in [-0.3, -0.25) is 19.7 Å². The first-order valence-corrected chi connectivity index (χ1v) is 6.56. The summed E-state index contributed by atoms with van der Waals surface area (Å²) in [5, 5.41) is 13.5. The second kappa shape index (κ2) is 7.37. The lowest BCUT2D eigenvalue weighted by Crippen LogP contribution is -2.15. The highest BCUT2D eigenvalue weighted by Gasteiger charge is 2.15. The normalized spacial score (nSPS) is 10.0. The fourth-order valence-electron chi connectivity index (χ4n) is 1.79. The van der Waals surface area contributed by atoms with Gasteiger partial charge in [0, 0.05) is 23.7 Å². The molecule has 0 atom stereocenters. The van der Waals surface area contributed by atoms with Crippen LogP contribution in [-0.4, -0.2) is 23.4 Å². The molecule has 0 aromatic heterocycles. The van der Waals surface area contributed by atoms with Gasteiger partial charge < -0.3 is 10.1 Å². The van der Waals surface area contributed by atoms with Crippen LogP contribution >= 0.6 is 0 Å². The predicted molar refractivity (Wildman–Crippen MR) is 77.1 cm³/mol. The molecule has 1 rings (SSSR count). The van der Waals surface area contributed by atoms with Crippen molar-refractivity contribution in [3.05, 3.63) is 33.4 Å². The summed E-state index contributed by atoms with van der Waals surface area (Å²) in [4.78, 5) is 33.3. The molecule has 0 saturated heterocycles. The molecule has 1 amide bonds.